The smallest absolute Gasteiger partial charge is 0.321 e. The minimum atomic E-state index is -0.671. The first kappa shape index (κ1) is 18.6. The van der Waals surface area contributed by atoms with Gasteiger partial charge in [0.15, 0.2) is 5.75 Å². The number of hydrogen-bond donors (Lipinski definition) is 2. The molecule has 7 nitrogen and oxygen atoms in total. The van der Waals surface area contributed by atoms with E-state index in [1.807, 2.05) is 18.2 Å². The van der Waals surface area contributed by atoms with Crippen LogP contribution in [-0.2, 0) is 6.54 Å². The van der Waals surface area contributed by atoms with Crippen LogP contribution >= 0.6 is 11.6 Å². The van der Waals surface area contributed by atoms with Crippen molar-refractivity contribution in [2.45, 2.75) is 6.54 Å². The van der Waals surface area contributed by atoms with Gasteiger partial charge in [0.2, 0.25) is 5.43 Å². The topological polar surface area (TPSA) is 77.8 Å². The molecule has 140 valence electrons. The van der Waals surface area contributed by atoms with Crippen molar-refractivity contribution in [3.8, 4) is 5.75 Å². The molecule has 8 heteroatoms. The summed E-state index contributed by atoms with van der Waals surface area (Å²) in [6.45, 7) is 4.48. The minimum absolute atomic E-state index is 0.0179. The highest BCUT2D eigenvalue weighted by molar-refractivity contribution is 6.30. The Kier molecular flexibility index (Phi) is 4.96. The van der Waals surface area contributed by atoms with Gasteiger partial charge in [0.05, 0.1) is 5.70 Å². The van der Waals surface area contributed by atoms with Crippen LogP contribution in [0.3, 0.4) is 0 Å². The lowest BCUT2D eigenvalue weighted by Crippen LogP contribution is -2.31. The van der Waals surface area contributed by atoms with Gasteiger partial charge in [-0.1, -0.05) is 30.3 Å². The van der Waals surface area contributed by atoms with Gasteiger partial charge >= 0.3 is 6.03 Å². The van der Waals surface area contributed by atoms with Crippen molar-refractivity contribution in [2.24, 2.45) is 0 Å². The van der Waals surface area contributed by atoms with E-state index in [0.717, 1.165) is 5.56 Å². The van der Waals surface area contributed by atoms with Crippen LogP contribution in [0.25, 0.3) is 11.9 Å². The zero-order valence-corrected chi connectivity index (χ0v) is 15.7. The van der Waals surface area contributed by atoms with Gasteiger partial charge in [-0.25, -0.2) is 4.79 Å². The molecule has 0 bridgehead atoms. The van der Waals surface area contributed by atoms with Crippen LogP contribution in [0.1, 0.15) is 11.3 Å². The van der Waals surface area contributed by atoms with Crippen molar-refractivity contribution in [1.82, 2.24) is 14.4 Å². The number of aromatic hydroxyl groups is 1. The van der Waals surface area contributed by atoms with E-state index >= 15 is 0 Å². The van der Waals surface area contributed by atoms with Crippen LogP contribution < -0.4 is 10.7 Å². The van der Waals surface area contributed by atoms with Crippen molar-refractivity contribution in [3.63, 3.8) is 0 Å². The zero-order chi connectivity index (χ0) is 19.7. The van der Waals surface area contributed by atoms with Gasteiger partial charge in [-0.3, -0.25) is 4.79 Å². The molecule has 2 aromatic rings. The molecule has 3 rings (SSSR count). The maximum Gasteiger partial charge on any atom is 0.321 e. The fraction of sp³-hybridized carbons (Fsp3) is 0.158. The van der Waals surface area contributed by atoms with E-state index in [1.54, 1.807) is 42.0 Å². The standard InChI is InChI=1S/C19H19ClN4O3/c1-12-16-18(26)17(25)15(21-19(27)22(2)3)11-24(16)8-7-23(12)10-13-5-4-6-14(20)9-13/h4-9,11,26H,1,10H2,2-3H3,(H,21,27). The van der Waals surface area contributed by atoms with Crippen molar-refractivity contribution in [1.29, 1.82) is 0 Å². The minimum Gasteiger partial charge on any atom is -0.503 e. The van der Waals surface area contributed by atoms with E-state index in [2.05, 4.69) is 11.9 Å². The maximum absolute atomic E-state index is 12.5. The first-order valence-electron chi connectivity index (χ1n) is 8.13. The molecule has 0 saturated carbocycles. The van der Waals surface area contributed by atoms with Crippen molar-refractivity contribution >= 4 is 35.2 Å². The lowest BCUT2D eigenvalue weighted by Gasteiger charge is -2.29. The number of amides is 2. The number of halogens is 1. The zero-order valence-electron chi connectivity index (χ0n) is 14.9. The maximum atomic E-state index is 12.5. The second-order valence-electron chi connectivity index (χ2n) is 6.30. The molecule has 0 unspecified atom stereocenters. The molecule has 2 N–H and O–H groups in total. The Balaban J connectivity index is 1.94. The number of nitrogens with one attached hydrogen (secondary N) is 1. The number of anilines is 1. The Labute approximate surface area is 161 Å². The van der Waals surface area contributed by atoms with Crippen LogP contribution in [0.4, 0.5) is 10.5 Å². The highest BCUT2D eigenvalue weighted by atomic mass is 35.5. The van der Waals surface area contributed by atoms with E-state index in [9.17, 15) is 14.7 Å². The number of rotatable bonds is 3. The molecule has 0 aliphatic carbocycles. The summed E-state index contributed by atoms with van der Waals surface area (Å²) in [4.78, 5) is 27.4. The Morgan fingerprint density at radius 3 is 2.74 bits per heavy atom. The van der Waals surface area contributed by atoms with Gasteiger partial charge in [0, 0.05) is 44.3 Å². The number of aromatic nitrogens is 1. The second kappa shape index (κ2) is 7.20. The molecule has 0 saturated heterocycles. The van der Waals surface area contributed by atoms with E-state index in [0.29, 0.717) is 17.3 Å². The third-order valence-electron chi connectivity index (χ3n) is 4.13. The number of hydrogen-bond acceptors (Lipinski definition) is 4. The number of nitrogens with zero attached hydrogens (tertiary/aromatic N) is 3. The number of carbonyl (C=O) groups excluding carboxylic acids is 1. The molecule has 1 aliphatic heterocycles. The molecule has 1 aromatic heterocycles. The molecule has 0 fully saturated rings. The summed E-state index contributed by atoms with van der Waals surface area (Å²) in [7, 11) is 3.11. The fourth-order valence-electron chi connectivity index (χ4n) is 2.70. The van der Waals surface area contributed by atoms with Crippen LogP contribution in [0.15, 0.2) is 48.0 Å². The summed E-state index contributed by atoms with van der Waals surface area (Å²) in [5.41, 5.74) is 0.995. The quantitative estimate of drug-likeness (QED) is 0.849. The van der Waals surface area contributed by atoms with Gasteiger partial charge in [0.25, 0.3) is 0 Å². The summed E-state index contributed by atoms with van der Waals surface area (Å²) < 4.78 is 1.55. The molecular formula is C19H19ClN4O3. The van der Waals surface area contributed by atoms with E-state index < -0.39 is 17.2 Å². The summed E-state index contributed by atoms with van der Waals surface area (Å²) >= 11 is 6.02. The monoisotopic (exact) mass is 386 g/mol. The molecular weight excluding hydrogens is 368 g/mol. The molecule has 0 radical (unpaired) electrons. The number of pyridine rings is 1. The third kappa shape index (κ3) is 3.68. The lowest BCUT2D eigenvalue weighted by molar-refractivity contribution is 0.230. The SMILES string of the molecule is C=C1c2c(O)c(=O)c(NC(=O)N(C)C)cn2C=CN1Cc1cccc(Cl)c1. The summed E-state index contributed by atoms with van der Waals surface area (Å²) in [5.74, 6) is -0.475. The second-order valence-corrected chi connectivity index (χ2v) is 6.74. The molecule has 2 amide bonds. The van der Waals surface area contributed by atoms with Crippen molar-refractivity contribution in [2.75, 3.05) is 19.4 Å². The number of fused-ring (bicyclic) bond motifs is 1. The van der Waals surface area contributed by atoms with Gasteiger partial charge in [-0.05, 0) is 17.7 Å². The molecule has 2 heterocycles. The molecule has 1 aliphatic rings. The Morgan fingerprint density at radius 1 is 1.33 bits per heavy atom. The summed E-state index contributed by atoms with van der Waals surface area (Å²) in [6, 6.07) is 6.94. The van der Waals surface area contributed by atoms with Gasteiger partial charge in [0.1, 0.15) is 11.4 Å². The normalized spacial score (nSPS) is 12.7. The van der Waals surface area contributed by atoms with Gasteiger partial charge in [-0.2, -0.15) is 0 Å². The Bertz CT molecular complexity index is 1010. The van der Waals surface area contributed by atoms with Crippen LogP contribution in [-0.4, -0.2) is 39.6 Å². The molecule has 0 atom stereocenters. The first-order chi connectivity index (χ1) is 12.8. The average molecular weight is 387 g/mol. The predicted octanol–water partition coefficient (Wildman–Crippen LogP) is 3.22. The Hall–Kier alpha value is -3.19. The number of urea groups is 1. The van der Waals surface area contributed by atoms with E-state index in [-0.39, 0.29) is 11.4 Å². The fourth-order valence-corrected chi connectivity index (χ4v) is 2.91. The highest BCUT2D eigenvalue weighted by Crippen LogP contribution is 2.31. The molecule has 1 aromatic carbocycles. The van der Waals surface area contributed by atoms with Crippen molar-refractivity contribution in [3.05, 3.63) is 69.7 Å². The number of benzene rings is 1. The highest BCUT2D eigenvalue weighted by Gasteiger charge is 2.23. The Morgan fingerprint density at radius 2 is 2.07 bits per heavy atom. The van der Waals surface area contributed by atoms with Gasteiger partial charge in [-0.15, -0.1) is 0 Å². The van der Waals surface area contributed by atoms with E-state index in [1.165, 1.54) is 11.1 Å². The summed E-state index contributed by atoms with van der Waals surface area (Å²) in [5, 5.41) is 13.5. The van der Waals surface area contributed by atoms with Crippen LogP contribution in [0.2, 0.25) is 5.02 Å². The van der Waals surface area contributed by atoms with Crippen molar-refractivity contribution < 1.29 is 9.90 Å². The van der Waals surface area contributed by atoms with Crippen LogP contribution in [0.5, 0.6) is 5.75 Å². The average Bonchev–Trinajstić information content (AvgIpc) is 2.61. The third-order valence-corrected chi connectivity index (χ3v) is 4.36. The van der Waals surface area contributed by atoms with Gasteiger partial charge < -0.3 is 24.8 Å². The predicted molar refractivity (Wildman–Crippen MR) is 106 cm³/mol. The number of carbonyl (C=O) groups is 1. The first-order valence-corrected chi connectivity index (χ1v) is 8.51. The van der Waals surface area contributed by atoms with Crippen LogP contribution in [0, 0.1) is 0 Å². The molecule has 0 spiro atoms. The summed E-state index contributed by atoms with van der Waals surface area (Å²) in [6.07, 6.45) is 4.91. The van der Waals surface area contributed by atoms with E-state index in [4.69, 9.17) is 11.6 Å². The lowest BCUT2D eigenvalue weighted by atomic mass is 10.1. The molecule has 27 heavy (non-hydrogen) atoms. The largest absolute Gasteiger partial charge is 0.503 e.